The lowest BCUT2D eigenvalue weighted by Crippen LogP contribution is -2.29. The number of nitrogens with zero attached hydrogens (tertiary/aromatic N) is 3. The fourth-order valence-electron chi connectivity index (χ4n) is 4.37. The third kappa shape index (κ3) is 3.64. The molecule has 0 spiro atoms. The molecule has 1 atom stereocenters. The van der Waals surface area contributed by atoms with Crippen LogP contribution in [0.2, 0.25) is 0 Å². The predicted octanol–water partition coefficient (Wildman–Crippen LogP) is 5.03. The molecule has 0 bridgehead atoms. The van der Waals surface area contributed by atoms with Crippen LogP contribution < -0.4 is 0 Å². The zero-order chi connectivity index (χ0) is 23.1. The first-order valence-electron chi connectivity index (χ1n) is 10.5. The maximum atomic E-state index is 13.3. The van der Waals surface area contributed by atoms with Crippen LogP contribution >= 0.6 is 15.9 Å². The SMILES string of the molecule is Cc1nc2ccccn2c1C(O)=C1C(=O)C(=O)N(Cc2ccccc2)C1c1cccc(Br)c1. The number of pyridine rings is 1. The largest absolute Gasteiger partial charge is 0.505 e. The van der Waals surface area contributed by atoms with Gasteiger partial charge in [0, 0.05) is 17.2 Å². The van der Waals surface area contributed by atoms with E-state index in [1.54, 1.807) is 17.5 Å². The third-order valence-electron chi connectivity index (χ3n) is 5.83. The molecule has 1 aliphatic heterocycles. The van der Waals surface area contributed by atoms with Gasteiger partial charge in [0.15, 0.2) is 5.76 Å². The van der Waals surface area contributed by atoms with Gasteiger partial charge in [0.1, 0.15) is 11.3 Å². The summed E-state index contributed by atoms with van der Waals surface area (Å²) >= 11 is 3.49. The maximum Gasteiger partial charge on any atom is 0.295 e. The number of Topliss-reactive ketones (excluding diaryl/α,β-unsaturated/α-hetero) is 1. The smallest absolute Gasteiger partial charge is 0.295 e. The molecular formula is C26H20BrN3O3. The van der Waals surface area contributed by atoms with Gasteiger partial charge >= 0.3 is 0 Å². The molecule has 7 heteroatoms. The van der Waals surface area contributed by atoms with Crippen LogP contribution in [0, 0.1) is 6.92 Å². The fourth-order valence-corrected chi connectivity index (χ4v) is 4.79. The highest BCUT2D eigenvalue weighted by atomic mass is 79.9. The first-order chi connectivity index (χ1) is 16.0. The topological polar surface area (TPSA) is 74.9 Å². The number of amides is 1. The minimum Gasteiger partial charge on any atom is -0.505 e. The Morgan fingerprint density at radius 1 is 1.03 bits per heavy atom. The number of carbonyl (C=O) groups excluding carboxylic acids is 2. The van der Waals surface area contributed by atoms with E-state index >= 15 is 0 Å². The quantitative estimate of drug-likeness (QED) is 0.242. The molecule has 6 nitrogen and oxygen atoms in total. The average molecular weight is 502 g/mol. The first kappa shape index (κ1) is 21.2. The van der Waals surface area contributed by atoms with Crippen molar-refractivity contribution < 1.29 is 14.7 Å². The zero-order valence-corrected chi connectivity index (χ0v) is 19.4. The summed E-state index contributed by atoms with van der Waals surface area (Å²) in [5.41, 5.74) is 3.30. The van der Waals surface area contributed by atoms with Crippen LogP contribution in [0.15, 0.2) is 89.0 Å². The van der Waals surface area contributed by atoms with Crippen molar-refractivity contribution in [2.75, 3.05) is 0 Å². The zero-order valence-electron chi connectivity index (χ0n) is 17.8. The summed E-state index contributed by atoms with van der Waals surface area (Å²) < 4.78 is 2.55. The molecule has 3 heterocycles. The Bertz CT molecular complexity index is 1430. The minimum atomic E-state index is -0.739. The predicted molar refractivity (Wildman–Crippen MR) is 128 cm³/mol. The van der Waals surface area contributed by atoms with Crippen molar-refractivity contribution in [1.82, 2.24) is 14.3 Å². The van der Waals surface area contributed by atoms with E-state index in [0.717, 1.165) is 15.6 Å². The van der Waals surface area contributed by atoms with Crippen molar-refractivity contribution in [3.05, 3.63) is 112 Å². The summed E-state index contributed by atoms with van der Waals surface area (Å²) in [5.74, 6) is -1.58. The number of likely N-dealkylation sites (tertiary alicyclic amines) is 1. The number of rotatable bonds is 4. The second kappa shape index (κ2) is 8.33. The van der Waals surface area contributed by atoms with Crippen LogP contribution in [0.1, 0.15) is 28.6 Å². The number of aromatic nitrogens is 2. The average Bonchev–Trinajstić information content (AvgIpc) is 3.28. The Kier molecular flexibility index (Phi) is 5.34. The molecule has 2 aromatic carbocycles. The molecule has 4 aromatic rings. The van der Waals surface area contributed by atoms with Crippen LogP contribution in [-0.2, 0) is 16.1 Å². The molecule has 0 saturated carbocycles. The van der Waals surface area contributed by atoms with Gasteiger partial charge in [0.25, 0.3) is 11.7 Å². The normalized spacial score (nSPS) is 17.8. The van der Waals surface area contributed by atoms with E-state index in [2.05, 4.69) is 20.9 Å². The summed E-state index contributed by atoms with van der Waals surface area (Å²) in [7, 11) is 0. The van der Waals surface area contributed by atoms with Gasteiger partial charge in [-0.1, -0.05) is 64.5 Å². The lowest BCUT2D eigenvalue weighted by molar-refractivity contribution is -0.140. The summed E-state index contributed by atoms with van der Waals surface area (Å²) in [4.78, 5) is 32.5. The number of fused-ring (bicyclic) bond motifs is 1. The monoisotopic (exact) mass is 501 g/mol. The van der Waals surface area contributed by atoms with Crippen LogP contribution in [0.4, 0.5) is 0 Å². The number of halogens is 1. The van der Waals surface area contributed by atoms with Gasteiger partial charge in [-0.3, -0.25) is 14.0 Å². The molecular weight excluding hydrogens is 482 g/mol. The van der Waals surface area contributed by atoms with Gasteiger partial charge < -0.3 is 10.0 Å². The Balaban J connectivity index is 1.73. The standard InChI is InChI=1S/C26H20BrN3O3/c1-16-22(29-13-6-5-12-20(29)28-16)24(31)21-23(18-10-7-11-19(27)14-18)30(26(33)25(21)32)15-17-8-3-2-4-9-17/h2-14,23,31H,15H2,1H3. The second-order valence-electron chi connectivity index (χ2n) is 7.94. The van der Waals surface area contributed by atoms with E-state index < -0.39 is 17.7 Å². The number of carbonyl (C=O) groups is 2. The van der Waals surface area contributed by atoms with Crippen molar-refractivity contribution in [3.63, 3.8) is 0 Å². The molecule has 5 rings (SSSR count). The van der Waals surface area contributed by atoms with Crippen molar-refractivity contribution >= 4 is 39.0 Å². The fraction of sp³-hybridized carbons (Fsp3) is 0.115. The molecule has 1 amide bonds. The molecule has 1 unspecified atom stereocenters. The molecule has 1 fully saturated rings. The van der Waals surface area contributed by atoms with Crippen LogP contribution in [0.25, 0.3) is 11.4 Å². The molecule has 1 N–H and O–H groups in total. The van der Waals surface area contributed by atoms with Gasteiger partial charge in [0.2, 0.25) is 0 Å². The van der Waals surface area contributed by atoms with E-state index in [0.29, 0.717) is 17.0 Å². The van der Waals surface area contributed by atoms with E-state index in [1.165, 1.54) is 4.90 Å². The van der Waals surface area contributed by atoms with E-state index in [1.807, 2.05) is 72.8 Å². The van der Waals surface area contributed by atoms with E-state index in [4.69, 9.17) is 0 Å². The Morgan fingerprint density at radius 3 is 2.55 bits per heavy atom. The van der Waals surface area contributed by atoms with Gasteiger partial charge in [-0.05, 0) is 42.3 Å². The summed E-state index contributed by atoms with van der Waals surface area (Å²) in [5, 5.41) is 11.5. The molecule has 1 saturated heterocycles. The highest BCUT2D eigenvalue weighted by Gasteiger charge is 2.46. The number of aliphatic hydroxyl groups is 1. The number of aliphatic hydroxyl groups excluding tert-OH is 1. The van der Waals surface area contributed by atoms with Gasteiger partial charge in [0.05, 0.1) is 17.3 Å². The molecule has 2 aromatic heterocycles. The molecule has 0 radical (unpaired) electrons. The molecule has 164 valence electrons. The molecule has 0 aliphatic carbocycles. The maximum absolute atomic E-state index is 13.3. The van der Waals surface area contributed by atoms with E-state index in [9.17, 15) is 14.7 Å². The van der Waals surface area contributed by atoms with Gasteiger partial charge in [-0.15, -0.1) is 0 Å². The Hall–Kier alpha value is -3.71. The van der Waals surface area contributed by atoms with Crippen molar-refractivity contribution in [2.45, 2.75) is 19.5 Å². The number of ketones is 1. The van der Waals surface area contributed by atoms with Gasteiger partial charge in [-0.2, -0.15) is 0 Å². The number of benzene rings is 2. The number of aryl methyl sites for hydroxylation is 1. The first-order valence-corrected chi connectivity index (χ1v) is 11.3. The number of hydrogen-bond donors (Lipinski definition) is 1. The molecule has 1 aliphatic rings. The lowest BCUT2D eigenvalue weighted by Gasteiger charge is -2.25. The third-order valence-corrected chi connectivity index (χ3v) is 6.32. The lowest BCUT2D eigenvalue weighted by atomic mass is 9.96. The van der Waals surface area contributed by atoms with Crippen molar-refractivity contribution in [1.29, 1.82) is 0 Å². The Labute approximate surface area is 198 Å². The second-order valence-corrected chi connectivity index (χ2v) is 8.86. The van der Waals surface area contributed by atoms with Crippen molar-refractivity contribution in [2.24, 2.45) is 0 Å². The highest BCUT2D eigenvalue weighted by molar-refractivity contribution is 9.10. The van der Waals surface area contributed by atoms with Crippen LogP contribution in [0.5, 0.6) is 0 Å². The Morgan fingerprint density at radius 2 is 1.79 bits per heavy atom. The number of imidazole rings is 1. The summed E-state index contributed by atoms with van der Waals surface area (Å²) in [6, 6.07) is 21.7. The summed E-state index contributed by atoms with van der Waals surface area (Å²) in [6.07, 6.45) is 1.78. The van der Waals surface area contributed by atoms with Crippen LogP contribution in [-0.4, -0.2) is 31.1 Å². The minimum absolute atomic E-state index is 0.0581. The number of hydrogen-bond acceptors (Lipinski definition) is 4. The summed E-state index contributed by atoms with van der Waals surface area (Å²) in [6.45, 7) is 2.02. The molecule has 33 heavy (non-hydrogen) atoms. The van der Waals surface area contributed by atoms with Crippen molar-refractivity contribution in [3.8, 4) is 0 Å². The van der Waals surface area contributed by atoms with Crippen LogP contribution in [0.3, 0.4) is 0 Å². The highest BCUT2D eigenvalue weighted by Crippen LogP contribution is 2.41. The van der Waals surface area contributed by atoms with Gasteiger partial charge in [-0.25, -0.2) is 4.98 Å². The van der Waals surface area contributed by atoms with E-state index in [-0.39, 0.29) is 17.9 Å².